The fraction of sp³-hybridized carbons (Fsp3) is 0.292. The van der Waals surface area contributed by atoms with Crippen LogP contribution in [-0.2, 0) is 4.79 Å². The number of aromatic amines is 1. The van der Waals surface area contributed by atoms with Gasteiger partial charge in [0.05, 0.1) is 18.2 Å². The first kappa shape index (κ1) is 25.3. The van der Waals surface area contributed by atoms with Gasteiger partial charge in [-0.1, -0.05) is 6.07 Å². The lowest BCUT2D eigenvalue weighted by Gasteiger charge is -2.40. The molecule has 2 unspecified atom stereocenters. The third-order valence-corrected chi connectivity index (χ3v) is 5.97. The van der Waals surface area contributed by atoms with Crippen LogP contribution in [0.15, 0.2) is 53.6 Å². The fourth-order valence-corrected chi connectivity index (χ4v) is 3.92. The average molecular weight is 508 g/mol. The first-order valence-corrected chi connectivity index (χ1v) is 10.9. The summed E-state index contributed by atoms with van der Waals surface area (Å²) in [6, 6.07) is 5.31. The number of carbonyl (C=O) groups excluding carboxylic acids is 1. The molecule has 1 amide bonds. The van der Waals surface area contributed by atoms with Crippen molar-refractivity contribution in [3.05, 3.63) is 82.2 Å². The van der Waals surface area contributed by atoms with Crippen molar-refractivity contribution in [2.75, 3.05) is 18.4 Å². The lowest BCUT2D eigenvalue weighted by Crippen LogP contribution is -2.52. The van der Waals surface area contributed by atoms with Crippen LogP contribution in [0.5, 0.6) is 11.5 Å². The van der Waals surface area contributed by atoms with E-state index in [0.717, 1.165) is 6.20 Å². The van der Waals surface area contributed by atoms with Crippen molar-refractivity contribution in [3.8, 4) is 11.5 Å². The summed E-state index contributed by atoms with van der Waals surface area (Å²) in [7, 11) is 0. The first-order valence-electron chi connectivity index (χ1n) is 10.9. The molecule has 3 aromatic rings. The van der Waals surface area contributed by atoms with Gasteiger partial charge in [-0.25, -0.2) is 26.9 Å². The Kier molecular flexibility index (Phi) is 7.07. The largest absolute Gasteiger partial charge is 0.450 e. The Balaban J connectivity index is 1.40. The zero-order valence-electron chi connectivity index (χ0n) is 18.9. The molecule has 1 aliphatic rings. The number of amides is 1. The van der Waals surface area contributed by atoms with Crippen molar-refractivity contribution in [1.29, 1.82) is 0 Å². The van der Waals surface area contributed by atoms with Crippen molar-refractivity contribution in [2.45, 2.75) is 31.2 Å². The van der Waals surface area contributed by atoms with E-state index in [-0.39, 0.29) is 30.2 Å². The van der Waals surface area contributed by atoms with Crippen LogP contribution in [0.2, 0.25) is 0 Å². The number of alkyl halides is 2. The highest BCUT2D eigenvalue weighted by atomic mass is 19.3. The lowest BCUT2D eigenvalue weighted by atomic mass is 9.87. The quantitative estimate of drug-likeness (QED) is 0.481. The zero-order chi connectivity index (χ0) is 26.0. The molecule has 3 heterocycles. The number of carbonyl (C=O) groups is 1. The van der Waals surface area contributed by atoms with Gasteiger partial charge in [-0.05, 0) is 24.6 Å². The number of nitrogens with zero attached hydrogens (tertiary/aromatic N) is 2. The van der Waals surface area contributed by atoms with E-state index in [2.05, 4.69) is 15.3 Å². The normalized spacial score (nSPS) is 18.4. The minimum atomic E-state index is -3.01. The second kappa shape index (κ2) is 10.1. The van der Waals surface area contributed by atoms with Gasteiger partial charge < -0.3 is 15.0 Å². The maximum Gasteiger partial charge on any atom is 0.257 e. The number of piperidine rings is 1. The van der Waals surface area contributed by atoms with Crippen LogP contribution in [0, 0.1) is 17.5 Å². The number of benzene rings is 1. The van der Waals surface area contributed by atoms with Gasteiger partial charge in [0.25, 0.3) is 5.92 Å². The van der Waals surface area contributed by atoms with E-state index < -0.39 is 59.0 Å². The van der Waals surface area contributed by atoms with Gasteiger partial charge in [-0.3, -0.25) is 14.5 Å². The molecule has 12 heteroatoms. The average Bonchev–Trinajstić information content (AvgIpc) is 2.82. The molecule has 0 saturated carbocycles. The van der Waals surface area contributed by atoms with Gasteiger partial charge in [0.2, 0.25) is 11.5 Å². The summed E-state index contributed by atoms with van der Waals surface area (Å²) in [4.78, 5) is 32.0. The van der Waals surface area contributed by atoms with Crippen molar-refractivity contribution >= 4 is 11.7 Å². The third-order valence-electron chi connectivity index (χ3n) is 5.97. The second-order valence-electron chi connectivity index (χ2n) is 8.39. The fourth-order valence-electron chi connectivity index (χ4n) is 3.92. The van der Waals surface area contributed by atoms with Crippen LogP contribution < -0.4 is 15.6 Å². The first-order chi connectivity index (χ1) is 17.0. The number of likely N-dealkylation sites (tertiary alicyclic amines) is 1. The highest BCUT2D eigenvalue weighted by Crippen LogP contribution is 2.40. The summed E-state index contributed by atoms with van der Waals surface area (Å²) >= 11 is 0. The standard InChI is InChI=1S/C24H21F5N4O3/c1-13(33-7-6-24(28,29)17(12-33)14-2-5-21(34)31-10-14)23(35)32-20-4-3-16(11-30-20)36-22-18(26)8-15(25)9-19(22)27/h2-5,8-11,13,17H,6-7,12H2,1H3,(H,31,34)(H,30,32,35). The number of hydrogen-bond acceptors (Lipinski definition) is 5. The summed E-state index contributed by atoms with van der Waals surface area (Å²) < 4.78 is 74.9. The van der Waals surface area contributed by atoms with E-state index >= 15 is 0 Å². The number of aromatic nitrogens is 2. The van der Waals surface area contributed by atoms with Crippen LogP contribution in [0.1, 0.15) is 24.8 Å². The van der Waals surface area contributed by atoms with Crippen molar-refractivity contribution < 1.29 is 31.5 Å². The Morgan fingerprint density at radius 1 is 1.19 bits per heavy atom. The molecule has 2 N–H and O–H groups in total. The highest BCUT2D eigenvalue weighted by Gasteiger charge is 2.46. The molecule has 4 rings (SSSR count). The summed E-state index contributed by atoms with van der Waals surface area (Å²) in [6.45, 7) is 1.44. The summed E-state index contributed by atoms with van der Waals surface area (Å²) in [6.07, 6.45) is 1.90. The Hall–Kier alpha value is -3.80. The molecule has 0 aliphatic carbocycles. The Bertz CT molecular complexity index is 1270. The monoisotopic (exact) mass is 508 g/mol. The molecule has 1 aliphatic heterocycles. The molecule has 0 radical (unpaired) electrons. The molecular formula is C24H21F5N4O3. The van der Waals surface area contributed by atoms with Crippen molar-refractivity contribution in [2.24, 2.45) is 0 Å². The van der Waals surface area contributed by atoms with E-state index in [1.807, 2.05) is 0 Å². The van der Waals surface area contributed by atoms with Gasteiger partial charge in [-0.2, -0.15) is 0 Å². The van der Waals surface area contributed by atoms with E-state index in [1.165, 1.54) is 30.5 Å². The summed E-state index contributed by atoms with van der Waals surface area (Å²) in [5.74, 6) is -9.04. The van der Waals surface area contributed by atoms with Crippen LogP contribution in [0.4, 0.5) is 27.8 Å². The third kappa shape index (κ3) is 5.54. The van der Waals surface area contributed by atoms with E-state index in [4.69, 9.17) is 4.74 Å². The number of rotatable bonds is 6. The smallest absolute Gasteiger partial charge is 0.257 e. The highest BCUT2D eigenvalue weighted by molar-refractivity contribution is 5.93. The maximum atomic E-state index is 14.6. The number of hydrogen-bond donors (Lipinski definition) is 2. The molecule has 36 heavy (non-hydrogen) atoms. The van der Waals surface area contributed by atoms with E-state index in [9.17, 15) is 31.5 Å². The van der Waals surface area contributed by atoms with Crippen LogP contribution in [0.25, 0.3) is 0 Å². The van der Waals surface area contributed by atoms with Gasteiger partial charge >= 0.3 is 0 Å². The number of halogens is 5. The van der Waals surface area contributed by atoms with E-state index in [0.29, 0.717) is 12.1 Å². The van der Waals surface area contributed by atoms with Gasteiger partial charge in [0.15, 0.2) is 17.4 Å². The second-order valence-corrected chi connectivity index (χ2v) is 8.39. The molecule has 7 nitrogen and oxygen atoms in total. The number of pyridine rings is 2. The van der Waals surface area contributed by atoms with Gasteiger partial charge in [0.1, 0.15) is 17.4 Å². The Labute approximate surface area is 201 Å². The molecule has 1 aromatic carbocycles. The van der Waals surface area contributed by atoms with Crippen LogP contribution in [-0.4, -0.2) is 45.8 Å². The minimum absolute atomic E-state index is 0.0174. The topological polar surface area (TPSA) is 87.3 Å². The Morgan fingerprint density at radius 2 is 1.92 bits per heavy atom. The van der Waals surface area contributed by atoms with Gasteiger partial charge in [-0.15, -0.1) is 0 Å². The van der Waals surface area contributed by atoms with Crippen LogP contribution >= 0.6 is 0 Å². The summed E-state index contributed by atoms with van der Waals surface area (Å²) in [5.41, 5.74) is -0.137. The van der Waals surface area contributed by atoms with Crippen molar-refractivity contribution in [1.82, 2.24) is 14.9 Å². The zero-order valence-corrected chi connectivity index (χ0v) is 18.9. The number of nitrogens with one attached hydrogen (secondary N) is 2. The number of ether oxygens (including phenoxy) is 1. The van der Waals surface area contributed by atoms with E-state index in [1.54, 1.807) is 11.8 Å². The predicted octanol–water partition coefficient (Wildman–Crippen LogP) is 4.43. The SMILES string of the molecule is CC(C(=O)Nc1ccc(Oc2c(F)cc(F)cc2F)cn1)N1CCC(F)(F)C(c2ccc(=O)[nH]c2)C1. The molecule has 2 aromatic heterocycles. The molecule has 1 fully saturated rings. The molecular weight excluding hydrogens is 487 g/mol. The Morgan fingerprint density at radius 3 is 2.53 bits per heavy atom. The lowest BCUT2D eigenvalue weighted by molar-refractivity contribution is -0.125. The molecule has 190 valence electrons. The minimum Gasteiger partial charge on any atom is -0.450 e. The van der Waals surface area contributed by atoms with Crippen molar-refractivity contribution in [3.63, 3.8) is 0 Å². The van der Waals surface area contributed by atoms with Gasteiger partial charge in [0, 0.05) is 43.9 Å². The molecule has 0 bridgehead atoms. The molecule has 2 atom stereocenters. The summed E-state index contributed by atoms with van der Waals surface area (Å²) in [5, 5.41) is 2.56. The molecule has 0 spiro atoms. The van der Waals surface area contributed by atoms with Crippen LogP contribution in [0.3, 0.4) is 0 Å². The predicted molar refractivity (Wildman–Crippen MR) is 120 cm³/mol. The maximum absolute atomic E-state index is 14.6. The number of H-pyrrole nitrogens is 1. The number of anilines is 1. The molecule has 1 saturated heterocycles.